The lowest BCUT2D eigenvalue weighted by molar-refractivity contribution is -0.136. The highest BCUT2D eigenvalue weighted by atomic mass is 19.1. The fourth-order valence-corrected chi connectivity index (χ4v) is 9.67. The zero-order valence-electron chi connectivity index (χ0n) is 39.4. The first-order valence-electron chi connectivity index (χ1n) is 23.2. The molecule has 358 valence electrons. The van der Waals surface area contributed by atoms with Crippen LogP contribution in [0.15, 0.2) is 59.4 Å². The highest BCUT2D eigenvalue weighted by molar-refractivity contribution is 5.93. The van der Waals surface area contributed by atoms with Crippen molar-refractivity contribution in [2.45, 2.75) is 104 Å². The third-order valence-electron chi connectivity index (χ3n) is 13.3. The van der Waals surface area contributed by atoms with Crippen LogP contribution in [-0.2, 0) is 19.1 Å². The van der Waals surface area contributed by atoms with Gasteiger partial charge in [-0.25, -0.2) is 23.9 Å². The molecule has 2 fully saturated rings. The molecular weight excluding hydrogens is 876 g/mol. The molecule has 4 aromatic heterocycles. The summed E-state index contributed by atoms with van der Waals surface area (Å²) >= 11 is 0. The molecule has 0 saturated carbocycles. The van der Waals surface area contributed by atoms with E-state index < -0.39 is 36.3 Å². The van der Waals surface area contributed by atoms with Crippen molar-refractivity contribution in [2.24, 2.45) is 11.8 Å². The van der Waals surface area contributed by atoms with Crippen molar-refractivity contribution in [2.75, 3.05) is 27.3 Å². The number of benzene rings is 2. The molecule has 3 aliphatic rings. The van der Waals surface area contributed by atoms with Crippen molar-refractivity contribution in [1.29, 1.82) is 0 Å². The maximum Gasteiger partial charge on any atom is 0.407 e. The number of amides is 4. The van der Waals surface area contributed by atoms with Crippen LogP contribution in [0.2, 0.25) is 0 Å². The number of likely N-dealkylation sites (tertiary alicyclic amines) is 2. The minimum atomic E-state index is -0.841. The molecular formula is C49H57FN10O8. The van der Waals surface area contributed by atoms with Crippen LogP contribution >= 0.6 is 0 Å². The van der Waals surface area contributed by atoms with Gasteiger partial charge in [-0.2, -0.15) is 0 Å². The number of nitrogens with one attached hydrogen (secondary N) is 4. The number of imidazole rings is 2. The van der Waals surface area contributed by atoms with Crippen LogP contribution in [0.4, 0.5) is 14.0 Å². The molecule has 19 heteroatoms. The topological polar surface area (TPSA) is 215 Å². The fourth-order valence-electron chi connectivity index (χ4n) is 9.67. The summed E-state index contributed by atoms with van der Waals surface area (Å²) in [5.41, 5.74) is 4.96. The van der Waals surface area contributed by atoms with Crippen molar-refractivity contribution in [1.82, 2.24) is 50.1 Å². The molecule has 0 bridgehead atoms. The number of H-pyrrole nitrogens is 2. The van der Waals surface area contributed by atoms with Gasteiger partial charge in [-0.05, 0) is 73.8 Å². The predicted octanol–water partition coefficient (Wildman–Crippen LogP) is 8.37. The van der Waals surface area contributed by atoms with E-state index in [0.717, 1.165) is 40.7 Å². The summed E-state index contributed by atoms with van der Waals surface area (Å²) in [6.07, 6.45) is 4.09. The van der Waals surface area contributed by atoms with Gasteiger partial charge in [-0.15, -0.1) is 0 Å². The maximum absolute atomic E-state index is 16.9. The van der Waals surface area contributed by atoms with E-state index in [2.05, 4.69) is 30.7 Å². The molecule has 2 unspecified atom stereocenters. The average Bonchev–Trinajstić information content (AvgIpc) is 4.18. The summed E-state index contributed by atoms with van der Waals surface area (Å²) in [7, 11) is 2.53. The molecule has 6 aromatic rings. The molecule has 3 aliphatic heterocycles. The van der Waals surface area contributed by atoms with E-state index >= 15 is 4.39 Å². The molecule has 5 atom stereocenters. The quantitative estimate of drug-likeness (QED) is 0.0915. The molecule has 2 saturated heterocycles. The van der Waals surface area contributed by atoms with Crippen LogP contribution < -0.4 is 15.4 Å². The molecule has 0 spiro atoms. The van der Waals surface area contributed by atoms with E-state index in [1.807, 2.05) is 76.4 Å². The SMILES string of the molecule is COC(=O)NC(C(=O)N1CCC[C@H]1c1ncc(-c2cc(F)c3c(c2)O[C@@H](c2cc(C(C)C)no2)n2c-3cc3cc(-c4cnc([C@@H]5CCCN5C(=O)C(NC(=O)OC)C(C)C)[nH]4)ccc32)[nH]1)C(C)C. The average molecular weight is 933 g/mol. The number of methoxy groups -OCH3 is 2. The van der Waals surface area contributed by atoms with Crippen LogP contribution in [-0.4, -0.2) is 103 Å². The van der Waals surface area contributed by atoms with E-state index in [0.29, 0.717) is 66.0 Å². The normalized spacial score (nSPS) is 18.7. The largest absolute Gasteiger partial charge is 0.462 e. The number of carbonyl (C=O) groups is 4. The molecule has 68 heavy (non-hydrogen) atoms. The molecule has 4 N–H and O–H groups in total. The summed E-state index contributed by atoms with van der Waals surface area (Å²) in [6.45, 7) is 12.5. The lowest BCUT2D eigenvalue weighted by atomic mass is 10.0. The first-order chi connectivity index (χ1) is 32.6. The molecule has 7 heterocycles. The number of aromatic amines is 2. The Labute approximate surface area is 392 Å². The van der Waals surface area contributed by atoms with E-state index in [1.165, 1.54) is 20.3 Å². The van der Waals surface area contributed by atoms with Crippen LogP contribution in [0, 0.1) is 17.7 Å². The smallest absolute Gasteiger partial charge is 0.407 e. The number of nitrogens with zero attached hydrogens (tertiary/aromatic N) is 6. The van der Waals surface area contributed by atoms with Crippen LogP contribution in [0.5, 0.6) is 5.75 Å². The second-order valence-electron chi connectivity index (χ2n) is 18.7. The third kappa shape index (κ3) is 8.42. The lowest BCUT2D eigenvalue weighted by Gasteiger charge is -2.30. The molecule has 0 radical (unpaired) electrons. The Kier molecular flexibility index (Phi) is 12.5. The second-order valence-corrected chi connectivity index (χ2v) is 18.7. The monoisotopic (exact) mass is 932 g/mol. The van der Waals surface area contributed by atoms with Gasteiger partial charge in [0.15, 0.2) is 5.76 Å². The van der Waals surface area contributed by atoms with E-state index in [9.17, 15) is 19.2 Å². The number of fused-ring (bicyclic) bond motifs is 5. The molecule has 0 aliphatic carbocycles. The maximum atomic E-state index is 16.9. The number of halogens is 1. The Morgan fingerprint density at radius 1 is 0.765 bits per heavy atom. The zero-order valence-corrected chi connectivity index (χ0v) is 39.4. The molecule has 2 aromatic carbocycles. The van der Waals surface area contributed by atoms with Gasteiger partial charge in [0.05, 0.1) is 72.6 Å². The summed E-state index contributed by atoms with van der Waals surface area (Å²) in [5, 5.41) is 10.5. The Balaban J connectivity index is 1.03. The molecule has 4 amide bonds. The van der Waals surface area contributed by atoms with Crippen LogP contribution in [0.3, 0.4) is 0 Å². The Bertz CT molecular complexity index is 2880. The second kappa shape index (κ2) is 18.5. The highest BCUT2D eigenvalue weighted by Gasteiger charge is 2.40. The van der Waals surface area contributed by atoms with Gasteiger partial charge in [0, 0.05) is 35.7 Å². The Morgan fingerprint density at radius 2 is 1.34 bits per heavy atom. The summed E-state index contributed by atoms with van der Waals surface area (Å²) in [5.74, 6) is 0.719. The van der Waals surface area contributed by atoms with Crippen molar-refractivity contribution >= 4 is 34.9 Å². The zero-order chi connectivity index (χ0) is 48.1. The van der Waals surface area contributed by atoms with Crippen LogP contribution in [0.1, 0.15) is 115 Å². The van der Waals surface area contributed by atoms with E-state index in [4.69, 9.17) is 23.7 Å². The number of hydrogen-bond acceptors (Lipinski definition) is 11. The third-order valence-corrected chi connectivity index (χ3v) is 13.3. The van der Waals surface area contributed by atoms with Crippen molar-refractivity contribution in [3.8, 4) is 39.5 Å². The van der Waals surface area contributed by atoms with Crippen molar-refractivity contribution in [3.05, 3.63) is 83.8 Å². The Morgan fingerprint density at radius 3 is 1.87 bits per heavy atom. The predicted molar refractivity (Wildman–Crippen MR) is 248 cm³/mol. The highest BCUT2D eigenvalue weighted by Crippen LogP contribution is 2.48. The number of rotatable bonds is 12. The van der Waals surface area contributed by atoms with E-state index in [1.54, 1.807) is 28.3 Å². The number of carbonyl (C=O) groups excluding carboxylic acids is 4. The van der Waals surface area contributed by atoms with Gasteiger partial charge in [0.1, 0.15) is 35.3 Å². The van der Waals surface area contributed by atoms with Gasteiger partial charge in [-0.1, -0.05) is 52.8 Å². The van der Waals surface area contributed by atoms with Gasteiger partial charge in [0.2, 0.25) is 18.0 Å². The number of aromatic nitrogens is 6. The number of alkyl carbamates (subject to hydrolysis) is 2. The summed E-state index contributed by atoms with van der Waals surface area (Å²) in [4.78, 5) is 71.6. The van der Waals surface area contributed by atoms with Gasteiger partial charge in [0.25, 0.3) is 0 Å². The molecule has 9 rings (SSSR count). The minimum absolute atomic E-state index is 0.0822. The summed E-state index contributed by atoms with van der Waals surface area (Å²) in [6, 6.07) is 10.7. The van der Waals surface area contributed by atoms with Gasteiger partial charge in [-0.3, -0.25) is 14.2 Å². The summed E-state index contributed by atoms with van der Waals surface area (Å²) < 4.78 is 41.0. The van der Waals surface area contributed by atoms with Crippen LogP contribution in [0.25, 0.3) is 44.7 Å². The number of hydrogen-bond donors (Lipinski definition) is 4. The molecule has 18 nitrogen and oxygen atoms in total. The fraction of sp³-hybridized carbons (Fsp3) is 0.449. The number of ether oxygens (including phenoxy) is 3. The first kappa shape index (κ1) is 46.0. The van der Waals surface area contributed by atoms with Crippen molar-refractivity contribution in [3.63, 3.8) is 0 Å². The van der Waals surface area contributed by atoms with E-state index in [-0.39, 0.29) is 47.2 Å². The Hall–Kier alpha value is -7.18. The lowest BCUT2D eigenvalue weighted by Crippen LogP contribution is -2.51. The van der Waals surface area contributed by atoms with Gasteiger partial charge >= 0.3 is 12.2 Å². The van der Waals surface area contributed by atoms with Gasteiger partial charge < -0.3 is 49.1 Å². The minimum Gasteiger partial charge on any atom is -0.462 e. The van der Waals surface area contributed by atoms with Crippen molar-refractivity contribution < 1.29 is 42.3 Å². The first-order valence-corrected chi connectivity index (χ1v) is 23.2. The standard InChI is InChI=1S/C49H57FN10O8/c1-24(2)31-21-39(68-57-31)47-60-34-14-13-27(32-22-51-43(53-32)35-11-9-15-58(35)45(61)41(25(3)4)55-48(63)65-7)17-29(34)19-37(60)40-30(50)18-28(20-38(40)67-47)33-23-52-44(54-33)36-12-10-16-59(36)46(62)42(26(5)6)56-49(64)66-8/h13-14,17-26,35-36,41-42,47H,9-12,15-16H2,1-8H3,(H,51,53)(H,52,54)(H,55,63)(H,56,64)/t35-,36-,41?,42?,47-/m0/s1.